The molecule has 2 unspecified atom stereocenters. The maximum Gasteiger partial charge on any atom is 0.339 e. The van der Waals surface area contributed by atoms with E-state index in [1.54, 1.807) is 36.4 Å². The average molecular weight is 551 g/mol. The third-order valence-electron chi connectivity index (χ3n) is 8.02. The van der Waals surface area contributed by atoms with Crippen LogP contribution in [-0.4, -0.2) is 35.2 Å². The van der Waals surface area contributed by atoms with E-state index < -0.39 is 24.2 Å². The van der Waals surface area contributed by atoms with Crippen molar-refractivity contribution in [1.82, 2.24) is 4.98 Å². The summed E-state index contributed by atoms with van der Waals surface area (Å²) in [6.45, 7) is 1.39. The highest BCUT2D eigenvalue weighted by Gasteiger charge is 2.48. The second-order valence-electron chi connectivity index (χ2n) is 10.6. The number of ether oxygens (including phenoxy) is 1. The standard InChI is InChI=1S/C33H27FN2O5/c1-19-5-4-8-24-27(33(40)41-18-29(37)21-9-13-22(34)14-10-21)17-28(35-30(19)24)20-11-15-23(16-12-20)36-31(38)25-6-2-3-7-26(25)32(36)39/h4-5,8-17,25-26H,2-3,6-7,18H2,1H3. The third-order valence-corrected chi connectivity index (χ3v) is 8.02. The van der Waals surface area contributed by atoms with Crippen molar-refractivity contribution in [2.45, 2.75) is 32.6 Å². The topological polar surface area (TPSA) is 93.6 Å². The smallest absolute Gasteiger partial charge is 0.339 e. The molecule has 3 aromatic carbocycles. The maximum absolute atomic E-state index is 13.2. The first kappa shape index (κ1) is 26.5. The Kier molecular flexibility index (Phi) is 6.91. The van der Waals surface area contributed by atoms with Crippen molar-refractivity contribution in [3.63, 3.8) is 0 Å². The summed E-state index contributed by atoms with van der Waals surface area (Å²) in [5.41, 5.74) is 3.67. The number of anilines is 1. The van der Waals surface area contributed by atoms with Crippen LogP contribution in [-0.2, 0) is 14.3 Å². The Morgan fingerprint density at radius 2 is 1.59 bits per heavy atom. The zero-order valence-electron chi connectivity index (χ0n) is 22.4. The van der Waals surface area contributed by atoms with Crippen molar-refractivity contribution in [3.8, 4) is 11.3 Å². The molecule has 0 spiro atoms. The van der Waals surface area contributed by atoms with Crippen LogP contribution >= 0.6 is 0 Å². The van der Waals surface area contributed by atoms with Crippen LogP contribution in [0.3, 0.4) is 0 Å². The minimum Gasteiger partial charge on any atom is -0.454 e. The summed E-state index contributed by atoms with van der Waals surface area (Å²) in [4.78, 5) is 57.9. The summed E-state index contributed by atoms with van der Waals surface area (Å²) < 4.78 is 18.6. The number of para-hydroxylation sites is 1. The van der Waals surface area contributed by atoms with E-state index in [-0.39, 0.29) is 34.8 Å². The summed E-state index contributed by atoms with van der Waals surface area (Å²) in [5.74, 6) is -2.33. The number of halogens is 1. The van der Waals surface area contributed by atoms with E-state index in [1.165, 1.54) is 29.2 Å². The molecule has 1 aromatic heterocycles. The minimum atomic E-state index is -0.688. The van der Waals surface area contributed by atoms with Crippen LogP contribution in [0.2, 0.25) is 0 Å². The number of carbonyl (C=O) groups excluding carboxylic acids is 4. The lowest BCUT2D eigenvalue weighted by Crippen LogP contribution is -2.30. The number of aromatic nitrogens is 1. The maximum atomic E-state index is 13.2. The van der Waals surface area contributed by atoms with Crippen LogP contribution in [0.1, 0.15) is 52.0 Å². The van der Waals surface area contributed by atoms with Gasteiger partial charge in [0.05, 0.1) is 34.3 Å². The van der Waals surface area contributed by atoms with Gasteiger partial charge in [-0.3, -0.25) is 19.3 Å². The lowest BCUT2D eigenvalue weighted by atomic mass is 9.81. The van der Waals surface area contributed by atoms with E-state index >= 15 is 0 Å². The van der Waals surface area contributed by atoms with Gasteiger partial charge < -0.3 is 4.74 Å². The summed E-state index contributed by atoms with van der Waals surface area (Å²) in [6, 6.07) is 19.1. The Morgan fingerprint density at radius 3 is 2.24 bits per heavy atom. The molecule has 2 amide bonds. The first-order chi connectivity index (χ1) is 19.8. The number of nitrogens with zero attached hydrogens (tertiary/aromatic N) is 2. The van der Waals surface area contributed by atoms with Gasteiger partial charge in [0.25, 0.3) is 0 Å². The molecule has 7 nitrogen and oxygen atoms in total. The van der Waals surface area contributed by atoms with E-state index in [4.69, 9.17) is 9.72 Å². The van der Waals surface area contributed by atoms with E-state index in [0.29, 0.717) is 27.8 Å². The lowest BCUT2D eigenvalue weighted by Gasteiger charge is -2.19. The van der Waals surface area contributed by atoms with Gasteiger partial charge in [0.1, 0.15) is 5.82 Å². The Hall–Kier alpha value is -4.72. The normalized spacial score (nSPS) is 18.4. The number of carbonyl (C=O) groups is 4. The number of imide groups is 1. The lowest BCUT2D eigenvalue weighted by molar-refractivity contribution is -0.122. The molecule has 4 aromatic rings. The van der Waals surface area contributed by atoms with Gasteiger partial charge in [-0.15, -0.1) is 0 Å². The molecule has 0 radical (unpaired) electrons. The van der Waals surface area contributed by atoms with E-state index in [0.717, 1.165) is 31.2 Å². The molecule has 41 heavy (non-hydrogen) atoms. The number of esters is 1. The van der Waals surface area contributed by atoms with Gasteiger partial charge in [-0.1, -0.05) is 43.2 Å². The Labute approximate surface area is 235 Å². The molecule has 1 aliphatic heterocycles. The van der Waals surface area contributed by atoms with Gasteiger partial charge in [0.15, 0.2) is 12.4 Å². The van der Waals surface area contributed by atoms with Gasteiger partial charge >= 0.3 is 5.97 Å². The quantitative estimate of drug-likeness (QED) is 0.164. The Balaban J connectivity index is 1.28. The zero-order chi connectivity index (χ0) is 28.7. The number of amides is 2. The fourth-order valence-corrected chi connectivity index (χ4v) is 5.83. The first-order valence-corrected chi connectivity index (χ1v) is 13.7. The van der Waals surface area contributed by atoms with Gasteiger partial charge in [-0.05, 0) is 67.8 Å². The second-order valence-corrected chi connectivity index (χ2v) is 10.6. The molecule has 2 heterocycles. The van der Waals surface area contributed by atoms with Crippen molar-refractivity contribution in [2.24, 2.45) is 11.8 Å². The van der Waals surface area contributed by atoms with Crippen LogP contribution < -0.4 is 4.90 Å². The number of pyridine rings is 1. The highest BCUT2D eigenvalue weighted by Crippen LogP contribution is 2.40. The summed E-state index contributed by atoms with van der Waals surface area (Å²) >= 11 is 0. The number of aryl methyl sites for hydroxylation is 1. The van der Waals surface area contributed by atoms with Crippen LogP contribution in [0.4, 0.5) is 10.1 Å². The molecule has 1 saturated heterocycles. The number of rotatable bonds is 6. The van der Waals surface area contributed by atoms with Crippen molar-refractivity contribution in [3.05, 3.63) is 95.3 Å². The largest absolute Gasteiger partial charge is 0.454 e. The monoisotopic (exact) mass is 550 g/mol. The molecule has 0 bridgehead atoms. The molecule has 2 aliphatic rings. The number of ketones is 1. The summed E-state index contributed by atoms with van der Waals surface area (Å²) in [6.07, 6.45) is 3.42. The number of hydrogen-bond acceptors (Lipinski definition) is 6. The fraction of sp³-hybridized carbons (Fsp3) is 0.242. The molecule has 6 rings (SSSR count). The zero-order valence-corrected chi connectivity index (χ0v) is 22.4. The van der Waals surface area contributed by atoms with Gasteiger partial charge in [0, 0.05) is 16.5 Å². The Bertz CT molecular complexity index is 1670. The van der Waals surface area contributed by atoms with Crippen molar-refractivity contribution < 1.29 is 28.3 Å². The van der Waals surface area contributed by atoms with Crippen LogP contribution in [0.5, 0.6) is 0 Å². The molecule has 2 atom stereocenters. The second kappa shape index (κ2) is 10.7. The van der Waals surface area contributed by atoms with Gasteiger partial charge in [-0.25, -0.2) is 14.2 Å². The number of fused-ring (bicyclic) bond motifs is 2. The molecule has 0 N–H and O–H groups in total. The molecular weight excluding hydrogens is 523 g/mol. The SMILES string of the molecule is Cc1cccc2c(C(=O)OCC(=O)c3ccc(F)cc3)cc(-c3ccc(N4C(=O)C5CCCCC5C4=O)cc3)nc12. The first-order valence-electron chi connectivity index (χ1n) is 13.7. The average Bonchev–Trinajstić information content (AvgIpc) is 3.25. The fourth-order valence-electron chi connectivity index (χ4n) is 5.83. The van der Waals surface area contributed by atoms with Crippen LogP contribution in [0, 0.1) is 24.6 Å². The van der Waals surface area contributed by atoms with Crippen molar-refractivity contribution in [1.29, 1.82) is 0 Å². The van der Waals surface area contributed by atoms with Crippen molar-refractivity contribution >= 4 is 40.2 Å². The summed E-state index contributed by atoms with van der Waals surface area (Å²) in [5, 5.41) is 0.584. The number of Topliss-reactive ketones (excluding diaryl/α,β-unsaturated/α-hetero) is 1. The Morgan fingerprint density at radius 1 is 0.927 bits per heavy atom. The number of benzene rings is 3. The highest BCUT2D eigenvalue weighted by atomic mass is 19.1. The highest BCUT2D eigenvalue weighted by molar-refractivity contribution is 6.22. The van der Waals surface area contributed by atoms with Gasteiger partial charge in [0.2, 0.25) is 11.8 Å². The minimum absolute atomic E-state index is 0.132. The molecule has 1 aliphatic carbocycles. The van der Waals surface area contributed by atoms with Crippen LogP contribution in [0.15, 0.2) is 72.8 Å². The van der Waals surface area contributed by atoms with E-state index in [9.17, 15) is 23.6 Å². The molecule has 2 fully saturated rings. The van der Waals surface area contributed by atoms with E-state index in [1.807, 2.05) is 19.1 Å². The van der Waals surface area contributed by atoms with Crippen molar-refractivity contribution in [2.75, 3.05) is 11.5 Å². The van der Waals surface area contributed by atoms with Gasteiger partial charge in [-0.2, -0.15) is 0 Å². The molecule has 206 valence electrons. The summed E-state index contributed by atoms with van der Waals surface area (Å²) in [7, 11) is 0. The van der Waals surface area contributed by atoms with E-state index in [2.05, 4.69) is 0 Å². The molecule has 1 saturated carbocycles. The predicted octanol–water partition coefficient (Wildman–Crippen LogP) is 6.07. The number of hydrogen-bond donors (Lipinski definition) is 0. The third kappa shape index (κ3) is 4.90. The van der Waals surface area contributed by atoms with Crippen LogP contribution in [0.25, 0.3) is 22.2 Å². The predicted molar refractivity (Wildman–Crippen MR) is 151 cm³/mol. The molecule has 8 heteroatoms. The molecular formula is C33H27FN2O5.